The van der Waals surface area contributed by atoms with Gasteiger partial charge in [-0.25, -0.2) is 0 Å². The molecule has 5 nitrogen and oxygen atoms in total. The molecule has 0 amide bonds. The number of hydrogen-bond donors (Lipinski definition) is 1. The lowest BCUT2D eigenvalue weighted by Gasteiger charge is -2.62. The lowest BCUT2D eigenvalue weighted by atomic mass is 9.43. The van der Waals surface area contributed by atoms with Crippen molar-refractivity contribution in [3.05, 3.63) is 23.8 Å². The van der Waals surface area contributed by atoms with Crippen molar-refractivity contribution < 1.29 is 24.1 Å². The fourth-order valence-corrected chi connectivity index (χ4v) is 10.1. The van der Waals surface area contributed by atoms with Crippen molar-refractivity contribution in [1.82, 2.24) is 0 Å². The maximum absolute atomic E-state index is 11.6. The van der Waals surface area contributed by atoms with Gasteiger partial charge >= 0.3 is 0 Å². The Kier molecular flexibility index (Phi) is 6.57. The van der Waals surface area contributed by atoms with Crippen LogP contribution in [0.3, 0.4) is 0 Å². The molecule has 0 bridgehead atoms. The van der Waals surface area contributed by atoms with E-state index in [9.17, 15) is 5.11 Å². The van der Waals surface area contributed by atoms with Crippen LogP contribution in [0.1, 0.15) is 84.1 Å². The first-order chi connectivity index (χ1) is 18.1. The molecule has 1 heterocycles. The average molecular weight is 523 g/mol. The third kappa shape index (κ3) is 4.09. The first kappa shape index (κ1) is 26.5. The summed E-state index contributed by atoms with van der Waals surface area (Å²) in [7, 11) is 3.27. The summed E-state index contributed by atoms with van der Waals surface area (Å²) in [6.07, 6.45) is 10.2. The molecule has 4 aliphatic carbocycles. The Balaban J connectivity index is 1.18. The predicted octanol–water partition coefficient (Wildman–Crippen LogP) is 6.21. The van der Waals surface area contributed by atoms with E-state index in [1.807, 2.05) is 18.2 Å². The Labute approximate surface area is 229 Å². The van der Waals surface area contributed by atoms with Crippen molar-refractivity contribution in [1.29, 1.82) is 0 Å². The molecule has 1 aliphatic heterocycles. The second-order valence-corrected chi connectivity index (χ2v) is 13.6. The number of benzene rings is 1. The molecular weight excluding hydrogens is 476 g/mol. The second-order valence-electron chi connectivity index (χ2n) is 13.6. The quantitative estimate of drug-likeness (QED) is 0.479. The predicted molar refractivity (Wildman–Crippen MR) is 147 cm³/mol. The van der Waals surface area contributed by atoms with Crippen LogP contribution in [-0.2, 0) is 9.47 Å². The highest BCUT2D eigenvalue weighted by Crippen LogP contribution is 2.69. The van der Waals surface area contributed by atoms with Gasteiger partial charge in [0.2, 0.25) is 0 Å². The van der Waals surface area contributed by atoms with Gasteiger partial charge in [-0.2, -0.15) is 0 Å². The minimum absolute atomic E-state index is 0.295. The summed E-state index contributed by atoms with van der Waals surface area (Å²) in [5, 5.41) is 11.6. The summed E-state index contributed by atoms with van der Waals surface area (Å²) in [6, 6.07) is 5.71. The normalized spacial score (nSPS) is 43.3. The summed E-state index contributed by atoms with van der Waals surface area (Å²) in [6.45, 7) is 8.78. The smallest absolute Gasteiger partial charge is 0.169 e. The first-order valence-electron chi connectivity index (χ1n) is 14.9. The van der Waals surface area contributed by atoms with Gasteiger partial charge in [0.25, 0.3) is 0 Å². The third-order valence-corrected chi connectivity index (χ3v) is 12.0. The molecule has 0 unspecified atom stereocenters. The van der Waals surface area contributed by atoms with Gasteiger partial charge < -0.3 is 24.1 Å². The molecule has 8 atom stereocenters. The third-order valence-electron chi connectivity index (χ3n) is 12.0. The standard InChI is InChI=1S/C33H46O5/c1-30-16-17-33(34,15-12-22-6-10-27(35-4)28(20-22)36-5)21-23(30)7-8-24-25-9-11-29(32(3)37-18-19-38-32)31(25,2)14-13-26(24)30/h6,10,20,23-26,29,34H,7-9,11,13-14,16-19,21H2,1-5H3/t23-,24+,25+,26+,29+,30+,31+,33-/m1/s1. The van der Waals surface area contributed by atoms with Crippen LogP contribution in [0.25, 0.3) is 0 Å². The van der Waals surface area contributed by atoms with Crippen LogP contribution < -0.4 is 9.47 Å². The van der Waals surface area contributed by atoms with Gasteiger partial charge in [-0.1, -0.05) is 25.7 Å². The van der Waals surface area contributed by atoms with Crippen LogP contribution in [0, 0.1) is 52.3 Å². The zero-order valence-corrected chi connectivity index (χ0v) is 24.0. The molecule has 1 aromatic carbocycles. The molecule has 6 rings (SSSR count). The SMILES string of the molecule is COc1ccc(C#C[C@@]2(O)CC[C@@]3(C)[C@H](CC[C@@H]4[C@@H]3CC[C@]3(C)[C@@H](C5(C)OCCO5)CC[C@@H]43)C2)cc1OC. The monoisotopic (exact) mass is 522 g/mol. The highest BCUT2D eigenvalue weighted by atomic mass is 16.7. The molecule has 0 aromatic heterocycles. The Morgan fingerprint density at radius 1 is 0.842 bits per heavy atom. The number of fused-ring (bicyclic) bond motifs is 5. The van der Waals surface area contributed by atoms with Gasteiger partial charge in [0, 0.05) is 11.5 Å². The van der Waals surface area contributed by atoms with Crippen molar-refractivity contribution >= 4 is 0 Å². The fraction of sp³-hybridized carbons (Fsp3) is 0.758. The topological polar surface area (TPSA) is 57.2 Å². The Bertz CT molecular complexity index is 1110. The van der Waals surface area contributed by atoms with Gasteiger partial charge in [-0.3, -0.25) is 0 Å². The highest BCUT2D eigenvalue weighted by Gasteiger charge is 2.64. The molecule has 5 aliphatic rings. The Hall–Kier alpha value is -1.74. The minimum atomic E-state index is -0.919. The second kappa shape index (κ2) is 9.43. The van der Waals surface area contributed by atoms with E-state index in [4.69, 9.17) is 18.9 Å². The first-order valence-corrected chi connectivity index (χ1v) is 14.9. The summed E-state index contributed by atoms with van der Waals surface area (Å²) in [5.41, 5.74) is 0.532. The molecule has 1 saturated heterocycles. The fourth-order valence-electron chi connectivity index (χ4n) is 10.1. The van der Waals surface area contributed by atoms with Crippen LogP contribution in [0.5, 0.6) is 11.5 Å². The van der Waals surface area contributed by atoms with Crippen LogP contribution in [0.2, 0.25) is 0 Å². The zero-order valence-electron chi connectivity index (χ0n) is 24.0. The largest absolute Gasteiger partial charge is 0.493 e. The number of methoxy groups -OCH3 is 2. The van der Waals surface area contributed by atoms with Crippen LogP contribution in [-0.4, -0.2) is 43.9 Å². The van der Waals surface area contributed by atoms with Crippen LogP contribution in [0.15, 0.2) is 18.2 Å². The number of hydrogen-bond acceptors (Lipinski definition) is 5. The summed E-state index contributed by atoms with van der Waals surface area (Å²) >= 11 is 0. The van der Waals surface area contributed by atoms with Gasteiger partial charge in [-0.05, 0) is 117 Å². The number of aliphatic hydroxyl groups is 1. The van der Waals surface area contributed by atoms with E-state index in [1.165, 1.54) is 38.5 Å². The lowest BCUT2D eigenvalue weighted by molar-refractivity contribution is -0.219. The lowest BCUT2D eigenvalue weighted by Crippen LogP contribution is -2.57. The van der Waals surface area contributed by atoms with Crippen molar-refractivity contribution in [3.8, 4) is 23.3 Å². The number of rotatable bonds is 3. The van der Waals surface area contributed by atoms with Gasteiger partial charge in [-0.15, -0.1) is 0 Å². The van der Waals surface area contributed by atoms with Crippen molar-refractivity contribution in [3.63, 3.8) is 0 Å². The van der Waals surface area contributed by atoms with E-state index in [-0.39, 0.29) is 0 Å². The van der Waals surface area contributed by atoms with E-state index in [1.54, 1.807) is 14.2 Å². The van der Waals surface area contributed by atoms with Crippen LogP contribution >= 0.6 is 0 Å². The molecule has 5 fully saturated rings. The van der Waals surface area contributed by atoms with Gasteiger partial charge in [0.1, 0.15) is 5.60 Å². The van der Waals surface area contributed by atoms with Gasteiger partial charge in [0.05, 0.1) is 27.4 Å². The summed E-state index contributed by atoms with van der Waals surface area (Å²) < 4.78 is 23.2. The molecule has 5 heteroatoms. The minimum Gasteiger partial charge on any atom is -0.493 e. The summed E-state index contributed by atoms with van der Waals surface area (Å²) in [5.74, 6) is 10.8. The average Bonchev–Trinajstić information content (AvgIpc) is 3.51. The maximum atomic E-state index is 11.6. The van der Waals surface area contributed by atoms with E-state index in [2.05, 4.69) is 32.6 Å². The highest BCUT2D eigenvalue weighted by molar-refractivity contribution is 5.49. The van der Waals surface area contributed by atoms with E-state index >= 15 is 0 Å². The van der Waals surface area contributed by atoms with Crippen LogP contribution in [0.4, 0.5) is 0 Å². The summed E-state index contributed by atoms with van der Waals surface area (Å²) in [4.78, 5) is 0. The molecule has 4 saturated carbocycles. The van der Waals surface area contributed by atoms with Crippen molar-refractivity contribution in [2.45, 2.75) is 89.9 Å². The van der Waals surface area contributed by atoms with Crippen molar-refractivity contribution in [2.24, 2.45) is 40.4 Å². The molecule has 0 radical (unpaired) electrons. The molecular formula is C33H46O5. The number of ether oxygens (including phenoxy) is 4. The zero-order chi connectivity index (χ0) is 26.8. The Morgan fingerprint density at radius 2 is 1.58 bits per heavy atom. The van der Waals surface area contributed by atoms with Crippen molar-refractivity contribution in [2.75, 3.05) is 27.4 Å². The molecule has 208 valence electrons. The van der Waals surface area contributed by atoms with E-state index < -0.39 is 11.4 Å². The molecule has 1 N–H and O–H groups in total. The van der Waals surface area contributed by atoms with Gasteiger partial charge in [0.15, 0.2) is 17.3 Å². The maximum Gasteiger partial charge on any atom is 0.169 e. The Morgan fingerprint density at radius 3 is 2.32 bits per heavy atom. The molecule has 38 heavy (non-hydrogen) atoms. The van der Waals surface area contributed by atoms with E-state index in [0.29, 0.717) is 34.2 Å². The molecule has 1 aromatic rings. The van der Waals surface area contributed by atoms with E-state index in [0.717, 1.165) is 55.8 Å². The molecule has 0 spiro atoms.